The van der Waals surface area contributed by atoms with Crippen LogP contribution in [0.2, 0.25) is 0 Å². The molecule has 0 radical (unpaired) electrons. The molecule has 0 bridgehead atoms. The smallest absolute Gasteiger partial charge is 0.0178 e. The number of hydrogen-bond acceptors (Lipinski definition) is 0. The van der Waals surface area contributed by atoms with E-state index in [1.54, 1.807) is 0 Å². The average molecular weight is 222 g/mol. The Kier molecular flexibility index (Phi) is 3.77. The number of benzene rings is 2. The van der Waals surface area contributed by atoms with Crippen LogP contribution in [0.1, 0.15) is 24.5 Å². The van der Waals surface area contributed by atoms with Crippen molar-refractivity contribution in [3.63, 3.8) is 0 Å². The Bertz CT molecular complexity index is 492. The van der Waals surface area contributed by atoms with E-state index in [4.69, 9.17) is 0 Å². The zero-order chi connectivity index (χ0) is 12.1. The molecule has 86 valence electrons. The van der Waals surface area contributed by atoms with Crippen molar-refractivity contribution in [3.8, 4) is 11.1 Å². The van der Waals surface area contributed by atoms with Crippen LogP contribution in [0, 0.1) is 0 Å². The molecule has 0 heterocycles. The molecule has 17 heavy (non-hydrogen) atoms. The van der Waals surface area contributed by atoms with Gasteiger partial charge in [0.15, 0.2) is 0 Å². The van der Waals surface area contributed by atoms with Crippen LogP contribution in [0.15, 0.2) is 55.1 Å². The minimum atomic E-state index is 1.16. The highest BCUT2D eigenvalue weighted by atomic mass is 14.0. The van der Waals surface area contributed by atoms with E-state index in [-0.39, 0.29) is 0 Å². The summed E-state index contributed by atoms with van der Waals surface area (Å²) in [6.07, 6.45) is 4.24. The normalized spacial score (nSPS) is 10.2. The van der Waals surface area contributed by atoms with Crippen LogP contribution in [0.25, 0.3) is 17.2 Å². The first-order chi connectivity index (χ1) is 8.33. The maximum Gasteiger partial charge on any atom is -0.0178 e. The van der Waals surface area contributed by atoms with Crippen molar-refractivity contribution in [2.45, 2.75) is 19.8 Å². The minimum Gasteiger partial charge on any atom is -0.0985 e. The molecule has 0 N–H and O–H groups in total. The second kappa shape index (κ2) is 5.49. The molecule has 0 aliphatic carbocycles. The molecule has 0 aromatic heterocycles. The first kappa shape index (κ1) is 11.7. The fraction of sp³-hybridized carbons (Fsp3) is 0.176. The van der Waals surface area contributed by atoms with Crippen molar-refractivity contribution in [1.82, 2.24) is 0 Å². The Hall–Kier alpha value is -1.82. The Morgan fingerprint density at radius 2 is 1.76 bits per heavy atom. The second-order valence-corrected chi connectivity index (χ2v) is 4.28. The summed E-state index contributed by atoms with van der Waals surface area (Å²) in [5.74, 6) is 0. The molecule has 0 nitrogen and oxygen atoms in total. The van der Waals surface area contributed by atoms with Crippen LogP contribution < -0.4 is 0 Å². The van der Waals surface area contributed by atoms with Crippen molar-refractivity contribution >= 4 is 6.08 Å². The molecular formula is C17H18. The van der Waals surface area contributed by atoms with Gasteiger partial charge in [-0.05, 0) is 34.7 Å². The van der Waals surface area contributed by atoms with Crippen LogP contribution in [0.5, 0.6) is 0 Å². The summed E-state index contributed by atoms with van der Waals surface area (Å²) in [5, 5.41) is 0. The van der Waals surface area contributed by atoms with Gasteiger partial charge in [-0.25, -0.2) is 0 Å². The van der Waals surface area contributed by atoms with Crippen molar-refractivity contribution in [2.24, 2.45) is 0 Å². The molecule has 0 aliphatic heterocycles. The Labute approximate surface area is 104 Å². The first-order valence-corrected chi connectivity index (χ1v) is 6.15. The lowest BCUT2D eigenvalue weighted by molar-refractivity contribution is 0.922. The highest BCUT2D eigenvalue weighted by Gasteiger charge is 1.98. The third kappa shape index (κ3) is 2.85. The van der Waals surface area contributed by atoms with E-state index in [1.807, 2.05) is 6.08 Å². The summed E-state index contributed by atoms with van der Waals surface area (Å²) in [6.45, 7) is 6.01. The lowest BCUT2D eigenvalue weighted by Gasteiger charge is -2.04. The van der Waals surface area contributed by atoms with Crippen molar-refractivity contribution in [3.05, 3.63) is 66.2 Å². The molecule has 0 amide bonds. The zero-order valence-corrected chi connectivity index (χ0v) is 10.3. The zero-order valence-electron chi connectivity index (χ0n) is 10.3. The molecule has 0 fully saturated rings. The molecular weight excluding hydrogens is 204 g/mol. The largest absolute Gasteiger partial charge is 0.0985 e. The SMILES string of the molecule is C=Cc1cccc(-c2ccc(CCC)cc2)c1. The van der Waals surface area contributed by atoms with Crippen molar-refractivity contribution < 1.29 is 0 Å². The highest BCUT2D eigenvalue weighted by molar-refractivity contribution is 5.67. The molecule has 0 saturated carbocycles. The first-order valence-electron chi connectivity index (χ1n) is 6.15. The fourth-order valence-electron chi connectivity index (χ4n) is 2.00. The average Bonchev–Trinajstić information content (AvgIpc) is 2.40. The maximum atomic E-state index is 3.80. The van der Waals surface area contributed by atoms with Gasteiger partial charge >= 0.3 is 0 Å². The van der Waals surface area contributed by atoms with Crippen LogP contribution in [0.4, 0.5) is 0 Å². The van der Waals surface area contributed by atoms with Gasteiger partial charge in [-0.2, -0.15) is 0 Å². The van der Waals surface area contributed by atoms with Gasteiger partial charge in [0, 0.05) is 0 Å². The van der Waals surface area contributed by atoms with E-state index < -0.39 is 0 Å². The predicted octanol–water partition coefficient (Wildman–Crippen LogP) is 4.95. The van der Waals surface area contributed by atoms with Gasteiger partial charge in [0.05, 0.1) is 0 Å². The van der Waals surface area contributed by atoms with E-state index in [1.165, 1.54) is 28.7 Å². The molecule has 2 aromatic carbocycles. The van der Waals surface area contributed by atoms with Crippen molar-refractivity contribution in [2.75, 3.05) is 0 Å². The van der Waals surface area contributed by atoms with Gasteiger partial charge in [0.2, 0.25) is 0 Å². The quantitative estimate of drug-likeness (QED) is 0.686. The standard InChI is InChI=1S/C17H18/c1-3-6-15-9-11-16(12-10-15)17-8-5-7-14(4-2)13-17/h4-5,7-13H,2-3,6H2,1H3. The Morgan fingerprint density at radius 1 is 1.00 bits per heavy atom. The summed E-state index contributed by atoms with van der Waals surface area (Å²) in [7, 11) is 0. The number of aryl methyl sites for hydroxylation is 1. The number of rotatable bonds is 4. The predicted molar refractivity (Wildman–Crippen MR) is 76.0 cm³/mol. The lowest BCUT2D eigenvalue weighted by atomic mass is 10.0. The van der Waals surface area contributed by atoms with Crippen LogP contribution in [0.3, 0.4) is 0 Å². The molecule has 0 atom stereocenters. The van der Waals surface area contributed by atoms with E-state index in [9.17, 15) is 0 Å². The van der Waals surface area contributed by atoms with Gasteiger partial charge in [0.25, 0.3) is 0 Å². The molecule has 0 saturated heterocycles. The fourth-order valence-corrected chi connectivity index (χ4v) is 2.00. The number of hydrogen-bond donors (Lipinski definition) is 0. The summed E-state index contributed by atoms with van der Waals surface area (Å²) in [5.41, 5.74) is 5.11. The van der Waals surface area contributed by atoms with Gasteiger partial charge in [0.1, 0.15) is 0 Å². The lowest BCUT2D eigenvalue weighted by Crippen LogP contribution is -1.84. The van der Waals surface area contributed by atoms with E-state index in [0.29, 0.717) is 0 Å². The molecule has 0 aliphatic rings. The topological polar surface area (TPSA) is 0 Å². The maximum absolute atomic E-state index is 3.80. The summed E-state index contributed by atoms with van der Waals surface area (Å²) >= 11 is 0. The Balaban J connectivity index is 2.29. The Morgan fingerprint density at radius 3 is 2.41 bits per heavy atom. The van der Waals surface area contributed by atoms with Gasteiger partial charge in [-0.3, -0.25) is 0 Å². The van der Waals surface area contributed by atoms with Gasteiger partial charge < -0.3 is 0 Å². The van der Waals surface area contributed by atoms with E-state index >= 15 is 0 Å². The second-order valence-electron chi connectivity index (χ2n) is 4.28. The third-order valence-corrected chi connectivity index (χ3v) is 2.95. The molecule has 0 unspecified atom stereocenters. The van der Waals surface area contributed by atoms with Crippen LogP contribution in [-0.4, -0.2) is 0 Å². The minimum absolute atomic E-state index is 1.16. The third-order valence-electron chi connectivity index (χ3n) is 2.95. The van der Waals surface area contributed by atoms with Crippen molar-refractivity contribution in [1.29, 1.82) is 0 Å². The van der Waals surface area contributed by atoms with Gasteiger partial charge in [-0.15, -0.1) is 0 Å². The monoisotopic (exact) mass is 222 g/mol. The molecule has 0 spiro atoms. The van der Waals surface area contributed by atoms with Crippen LogP contribution >= 0.6 is 0 Å². The summed E-state index contributed by atoms with van der Waals surface area (Å²) < 4.78 is 0. The van der Waals surface area contributed by atoms with Crippen LogP contribution in [-0.2, 0) is 6.42 Å². The summed E-state index contributed by atoms with van der Waals surface area (Å²) in [6, 6.07) is 17.3. The molecule has 0 heteroatoms. The molecule has 2 aromatic rings. The van der Waals surface area contributed by atoms with E-state index in [2.05, 4.69) is 62.0 Å². The van der Waals surface area contributed by atoms with Gasteiger partial charge in [-0.1, -0.05) is 68.5 Å². The molecule has 2 rings (SSSR count). The highest BCUT2D eigenvalue weighted by Crippen LogP contribution is 2.21. The van der Waals surface area contributed by atoms with E-state index in [0.717, 1.165) is 6.42 Å². The summed E-state index contributed by atoms with van der Waals surface area (Å²) in [4.78, 5) is 0.